The van der Waals surface area contributed by atoms with Crippen LogP contribution >= 0.6 is 23.2 Å². The minimum atomic E-state index is -1.14. The van der Waals surface area contributed by atoms with Crippen LogP contribution in [-0.4, -0.2) is 8.92 Å². The molecule has 4 heteroatoms. The van der Waals surface area contributed by atoms with E-state index >= 15 is 0 Å². The lowest BCUT2D eigenvalue weighted by molar-refractivity contribution is 0.683. The fraction of sp³-hybridized carbons (Fsp3) is 0.250. The third kappa shape index (κ3) is 1.10. The van der Waals surface area contributed by atoms with Crippen molar-refractivity contribution < 1.29 is 4.21 Å². The second-order valence-electron chi connectivity index (χ2n) is 2.59. The molecule has 1 aliphatic heterocycles. The molecule has 0 bridgehead atoms. The topological polar surface area (TPSA) is 17.1 Å². The first-order valence-corrected chi connectivity index (χ1v) is 5.58. The first kappa shape index (κ1) is 8.54. The first-order valence-electron chi connectivity index (χ1n) is 3.49. The Bertz CT molecular complexity index is 340. The second-order valence-corrected chi connectivity index (χ2v) is 5.33. The molecule has 0 aliphatic carbocycles. The van der Waals surface area contributed by atoms with Gasteiger partial charge in [0, 0.05) is 4.90 Å². The highest BCUT2D eigenvalue weighted by atomic mass is 35.5. The summed E-state index contributed by atoms with van der Waals surface area (Å²) in [5.41, 5.74) is 0.900. The number of hydrogen-bond donors (Lipinski definition) is 0. The Kier molecular flexibility index (Phi) is 2.15. The Morgan fingerprint density at radius 3 is 2.58 bits per heavy atom. The quantitative estimate of drug-likeness (QED) is 0.615. The van der Waals surface area contributed by atoms with Crippen molar-refractivity contribution in [2.24, 2.45) is 0 Å². The number of benzene rings is 1. The van der Waals surface area contributed by atoms with E-state index in [0.29, 0.717) is 0 Å². The molecule has 1 nitrogen and oxygen atoms in total. The zero-order valence-corrected chi connectivity index (χ0v) is 8.36. The van der Waals surface area contributed by atoms with E-state index in [1.54, 1.807) is 0 Å². The van der Waals surface area contributed by atoms with E-state index in [0.717, 1.165) is 10.5 Å². The van der Waals surface area contributed by atoms with E-state index in [-0.39, 0.29) is 5.38 Å². The van der Waals surface area contributed by atoms with Crippen LogP contribution < -0.4 is 0 Å². The molecular weight excluding hydrogens is 215 g/mol. The summed E-state index contributed by atoms with van der Waals surface area (Å²) in [6.07, 6.45) is 0. The van der Waals surface area contributed by atoms with Crippen molar-refractivity contribution >= 4 is 34.0 Å². The zero-order chi connectivity index (χ0) is 8.72. The molecule has 0 radical (unpaired) electrons. The predicted octanol–water partition coefficient (Wildman–Crippen LogP) is 2.65. The van der Waals surface area contributed by atoms with Gasteiger partial charge in [0.1, 0.15) is 4.71 Å². The number of halogens is 2. The van der Waals surface area contributed by atoms with Crippen molar-refractivity contribution in [2.75, 3.05) is 0 Å². The molecular formula is C8H6Cl2OS. The van der Waals surface area contributed by atoms with Crippen LogP contribution in [0.5, 0.6) is 0 Å². The van der Waals surface area contributed by atoms with Crippen molar-refractivity contribution in [1.29, 1.82) is 0 Å². The average molecular weight is 221 g/mol. The van der Waals surface area contributed by atoms with Crippen LogP contribution in [-0.2, 0) is 10.8 Å². The van der Waals surface area contributed by atoms with E-state index < -0.39 is 15.5 Å². The maximum absolute atomic E-state index is 11.5. The summed E-state index contributed by atoms with van der Waals surface area (Å²) in [4.78, 5) is 0.775. The van der Waals surface area contributed by atoms with Crippen molar-refractivity contribution in [3.63, 3.8) is 0 Å². The number of rotatable bonds is 0. The molecule has 0 amide bonds. The molecule has 0 N–H and O–H groups in total. The fourth-order valence-corrected chi connectivity index (χ4v) is 3.47. The molecule has 12 heavy (non-hydrogen) atoms. The highest BCUT2D eigenvalue weighted by Crippen LogP contribution is 2.42. The monoisotopic (exact) mass is 220 g/mol. The number of alkyl halides is 2. The van der Waals surface area contributed by atoms with E-state index in [4.69, 9.17) is 23.2 Å². The van der Waals surface area contributed by atoms with E-state index in [1.165, 1.54) is 0 Å². The Balaban J connectivity index is 2.59. The molecule has 0 spiro atoms. The molecule has 0 saturated heterocycles. The lowest BCUT2D eigenvalue weighted by Gasteiger charge is -2.01. The lowest BCUT2D eigenvalue weighted by Crippen LogP contribution is -2.02. The van der Waals surface area contributed by atoms with Gasteiger partial charge in [-0.25, -0.2) is 0 Å². The highest BCUT2D eigenvalue weighted by Gasteiger charge is 2.35. The normalized spacial score (nSPS) is 33.3. The zero-order valence-electron chi connectivity index (χ0n) is 6.04. The minimum Gasteiger partial charge on any atom is -0.253 e. The largest absolute Gasteiger partial charge is 0.253 e. The van der Waals surface area contributed by atoms with Gasteiger partial charge in [0.2, 0.25) is 0 Å². The molecule has 0 aromatic heterocycles. The van der Waals surface area contributed by atoms with Crippen molar-refractivity contribution in [2.45, 2.75) is 15.0 Å². The highest BCUT2D eigenvalue weighted by molar-refractivity contribution is 7.87. The minimum absolute atomic E-state index is 0.316. The SMILES string of the molecule is O=S1c2ccccc2[C@@H](Cl)[C@@H]1Cl. The standard InChI is InChI=1S/C8H6Cl2OS/c9-7-5-3-1-2-4-6(5)12(11)8(7)10/h1-4,7-8H/t7-,8-,12?/m1/s1. The van der Waals surface area contributed by atoms with Gasteiger partial charge in [0.25, 0.3) is 0 Å². The summed E-state index contributed by atoms with van der Waals surface area (Å²) < 4.78 is 11.0. The summed E-state index contributed by atoms with van der Waals surface area (Å²) in [6, 6.07) is 7.39. The van der Waals surface area contributed by atoms with E-state index in [1.807, 2.05) is 24.3 Å². The smallest absolute Gasteiger partial charge is 0.134 e. The van der Waals surface area contributed by atoms with Crippen LogP contribution in [0.25, 0.3) is 0 Å². The van der Waals surface area contributed by atoms with Gasteiger partial charge in [0.15, 0.2) is 0 Å². The summed E-state index contributed by atoms with van der Waals surface area (Å²) in [7, 11) is -1.14. The van der Waals surface area contributed by atoms with Gasteiger partial charge in [-0.05, 0) is 11.6 Å². The van der Waals surface area contributed by atoms with E-state index in [9.17, 15) is 4.21 Å². The third-order valence-corrected chi connectivity index (χ3v) is 4.86. The van der Waals surface area contributed by atoms with Crippen LogP contribution in [0, 0.1) is 0 Å². The molecule has 1 aromatic rings. The number of fused-ring (bicyclic) bond motifs is 1. The number of hydrogen-bond acceptors (Lipinski definition) is 1. The third-order valence-electron chi connectivity index (χ3n) is 1.87. The van der Waals surface area contributed by atoms with Gasteiger partial charge in [-0.1, -0.05) is 18.2 Å². The Hall–Kier alpha value is -0.0500. The Labute approximate surface area is 83.1 Å². The molecule has 0 fully saturated rings. The summed E-state index contributed by atoms with van der Waals surface area (Å²) in [6.45, 7) is 0. The van der Waals surface area contributed by atoms with Crippen LogP contribution in [0.3, 0.4) is 0 Å². The summed E-state index contributed by atoms with van der Waals surface area (Å²) in [5, 5.41) is -0.316. The van der Waals surface area contributed by atoms with Crippen molar-refractivity contribution in [3.8, 4) is 0 Å². The Morgan fingerprint density at radius 1 is 1.25 bits per heavy atom. The predicted molar refractivity (Wildman–Crippen MR) is 51.1 cm³/mol. The maximum atomic E-state index is 11.5. The van der Waals surface area contributed by atoms with Crippen LogP contribution in [0.2, 0.25) is 0 Å². The van der Waals surface area contributed by atoms with Crippen LogP contribution in [0.15, 0.2) is 29.2 Å². The first-order chi connectivity index (χ1) is 5.72. The maximum Gasteiger partial charge on any atom is 0.134 e. The van der Waals surface area contributed by atoms with Gasteiger partial charge in [-0.3, -0.25) is 4.21 Å². The van der Waals surface area contributed by atoms with Gasteiger partial charge < -0.3 is 0 Å². The molecule has 1 unspecified atom stereocenters. The van der Waals surface area contributed by atoms with E-state index in [2.05, 4.69) is 0 Å². The average Bonchev–Trinajstić information content (AvgIpc) is 2.33. The van der Waals surface area contributed by atoms with Crippen LogP contribution in [0.1, 0.15) is 10.9 Å². The molecule has 2 rings (SSSR count). The molecule has 64 valence electrons. The molecule has 0 saturated carbocycles. The van der Waals surface area contributed by atoms with Crippen molar-refractivity contribution in [1.82, 2.24) is 0 Å². The molecule has 3 atom stereocenters. The summed E-state index contributed by atoms with van der Waals surface area (Å²) >= 11 is 11.8. The van der Waals surface area contributed by atoms with Crippen molar-refractivity contribution in [3.05, 3.63) is 29.8 Å². The molecule has 1 aromatic carbocycles. The van der Waals surface area contributed by atoms with Gasteiger partial charge in [0.05, 0.1) is 16.2 Å². The van der Waals surface area contributed by atoms with Gasteiger partial charge in [-0.15, -0.1) is 23.2 Å². The lowest BCUT2D eigenvalue weighted by atomic mass is 10.2. The fourth-order valence-electron chi connectivity index (χ4n) is 1.26. The molecule has 1 aliphatic rings. The van der Waals surface area contributed by atoms with Gasteiger partial charge in [-0.2, -0.15) is 0 Å². The Morgan fingerprint density at radius 2 is 1.92 bits per heavy atom. The second kappa shape index (κ2) is 3.02. The van der Waals surface area contributed by atoms with Gasteiger partial charge >= 0.3 is 0 Å². The summed E-state index contributed by atoms with van der Waals surface area (Å²) in [5.74, 6) is 0. The molecule has 1 heterocycles. The van der Waals surface area contributed by atoms with Crippen LogP contribution in [0.4, 0.5) is 0 Å².